The van der Waals surface area contributed by atoms with Gasteiger partial charge in [0.2, 0.25) is 0 Å². The molecule has 0 saturated heterocycles. The number of nitrogens with two attached hydrogens (primary N) is 1. The van der Waals surface area contributed by atoms with Crippen LogP contribution in [0.5, 0.6) is 0 Å². The zero-order valence-corrected chi connectivity index (χ0v) is 8.58. The summed E-state index contributed by atoms with van der Waals surface area (Å²) in [6, 6.07) is 0. The fourth-order valence-corrected chi connectivity index (χ4v) is 1.16. The van der Waals surface area contributed by atoms with Crippen molar-refractivity contribution in [2.24, 2.45) is 5.73 Å². The quantitative estimate of drug-likeness (QED) is 0.855. The van der Waals surface area contributed by atoms with Crippen LogP contribution in [0.15, 0.2) is 10.8 Å². The maximum atomic E-state index is 12.1. The number of halogens is 5. The van der Waals surface area contributed by atoms with E-state index in [4.69, 9.17) is 5.73 Å². The molecule has 0 atom stereocenters. The summed E-state index contributed by atoms with van der Waals surface area (Å²) in [6.45, 7) is -0.245. The second-order valence-electron chi connectivity index (χ2n) is 2.02. The molecule has 1 aromatic rings. The molecule has 0 spiro atoms. The number of nitrogens with zero attached hydrogens (tertiary/aromatic N) is 2. The summed E-state index contributed by atoms with van der Waals surface area (Å²) in [5.74, 6) is -0.214. The Morgan fingerprint density at radius 2 is 2.08 bits per heavy atom. The summed E-state index contributed by atoms with van der Waals surface area (Å²) < 4.78 is 36.5. The predicted octanol–water partition coefficient (Wildman–Crippen LogP) is 2.00. The van der Waals surface area contributed by atoms with Gasteiger partial charge in [-0.15, -0.1) is 25.6 Å². The third kappa shape index (κ3) is 2.85. The first-order valence-corrected chi connectivity index (χ1v) is 3.75. The topological polar surface area (TPSA) is 43.8 Å². The zero-order valence-electron chi connectivity index (χ0n) is 6.18. The van der Waals surface area contributed by atoms with E-state index in [1.165, 1.54) is 0 Å². The van der Waals surface area contributed by atoms with Crippen molar-refractivity contribution in [1.29, 1.82) is 0 Å². The average molecular weight is 280 g/mol. The molecule has 0 amide bonds. The summed E-state index contributed by atoms with van der Waals surface area (Å²) in [6.07, 6.45) is -3.62. The molecule has 0 aliphatic heterocycles. The minimum atomic E-state index is -4.45. The Labute approximate surface area is 86.7 Å². The second kappa shape index (κ2) is 4.30. The van der Waals surface area contributed by atoms with E-state index in [1.807, 2.05) is 0 Å². The smallest absolute Gasteiger partial charge is 0.324 e. The van der Waals surface area contributed by atoms with E-state index < -0.39 is 6.30 Å². The van der Waals surface area contributed by atoms with Crippen LogP contribution >= 0.6 is 28.3 Å². The van der Waals surface area contributed by atoms with Gasteiger partial charge in [-0.25, -0.2) is 9.55 Å². The minimum absolute atomic E-state index is 0. The fourth-order valence-electron chi connectivity index (χ4n) is 0.751. The molecule has 1 aromatic heterocycles. The van der Waals surface area contributed by atoms with Crippen molar-refractivity contribution in [3.8, 4) is 0 Å². The highest BCUT2D eigenvalue weighted by Gasteiger charge is 2.33. The largest absolute Gasteiger partial charge is 0.489 e. The first kappa shape index (κ1) is 12.7. The molecule has 0 fully saturated rings. The standard InChI is InChI=1S/C5H5BrF3N3.ClH/c6-3-2-12(5(7,8)9)4(1-10)11-3;/h2H,1,10H2;1H. The molecule has 1 heterocycles. The first-order chi connectivity index (χ1) is 5.45. The highest BCUT2D eigenvalue weighted by molar-refractivity contribution is 9.10. The van der Waals surface area contributed by atoms with Crippen molar-refractivity contribution in [3.63, 3.8) is 0 Å². The van der Waals surface area contributed by atoms with Crippen molar-refractivity contribution >= 4 is 28.3 Å². The molecule has 0 saturated carbocycles. The normalized spacial score (nSPS) is 11.2. The lowest BCUT2D eigenvalue weighted by atomic mass is 10.6. The van der Waals surface area contributed by atoms with E-state index in [2.05, 4.69) is 20.9 Å². The number of hydrogen-bond acceptors (Lipinski definition) is 2. The van der Waals surface area contributed by atoms with Gasteiger partial charge in [0.25, 0.3) is 0 Å². The number of aromatic nitrogens is 2. The van der Waals surface area contributed by atoms with Crippen molar-refractivity contribution in [1.82, 2.24) is 9.55 Å². The summed E-state index contributed by atoms with van der Waals surface area (Å²) in [5, 5.41) is 0. The fraction of sp³-hybridized carbons (Fsp3) is 0.400. The van der Waals surface area contributed by atoms with Crippen molar-refractivity contribution in [2.75, 3.05) is 0 Å². The van der Waals surface area contributed by atoms with Crippen LogP contribution in [0, 0.1) is 0 Å². The van der Waals surface area contributed by atoms with E-state index in [1.54, 1.807) is 0 Å². The molecule has 0 radical (unpaired) electrons. The second-order valence-corrected chi connectivity index (χ2v) is 2.83. The molecular weight excluding hydrogens is 274 g/mol. The zero-order chi connectivity index (χ0) is 9.35. The number of imidazole rings is 1. The third-order valence-electron chi connectivity index (χ3n) is 1.21. The van der Waals surface area contributed by atoms with Gasteiger partial charge in [-0.1, -0.05) is 0 Å². The van der Waals surface area contributed by atoms with Crippen molar-refractivity contribution in [2.45, 2.75) is 12.8 Å². The SMILES string of the molecule is Cl.NCc1nc(Br)cn1C(F)(F)F. The van der Waals surface area contributed by atoms with Crippen molar-refractivity contribution < 1.29 is 13.2 Å². The maximum Gasteiger partial charge on any atom is 0.489 e. The molecule has 0 bridgehead atoms. The average Bonchev–Trinajstić information content (AvgIpc) is 2.29. The van der Waals surface area contributed by atoms with E-state index in [0.29, 0.717) is 0 Å². The molecule has 0 unspecified atom stereocenters. The van der Waals surface area contributed by atoms with Gasteiger partial charge in [-0.05, 0) is 15.9 Å². The van der Waals surface area contributed by atoms with E-state index in [9.17, 15) is 13.2 Å². The van der Waals surface area contributed by atoms with Gasteiger partial charge in [0.1, 0.15) is 10.4 Å². The Kier molecular flexibility index (Phi) is 4.21. The summed E-state index contributed by atoms with van der Waals surface area (Å²) >= 11 is 2.83. The molecule has 0 aliphatic carbocycles. The highest BCUT2D eigenvalue weighted by atomic mass is 79.9. The van der Waals surface area contributed by atoms with Crippen LogP contribution in [0.25, 0.3) is 0 Å². The van der Waals surface area contributed by atoms with E-state index in [-0.39, 0.29) is 33.9 Å². The first-order valence-electron chi connectivity index (χ1n) is 2.96. The predicted molar refractivity (Wildman–Crippen MR) is 46.4 cm³/mol. The molecule has 0 aliphatic rings. The number of rotatable bonds is 1. The van der Waals surface area contributed by atoms with Crippen LogP contribution in [0.2, 0.25) is 0 Å². The number of hydrogen-bond donors (Lipinski definition) is 1. The monoisotopic (exact) mass is 279 g/mol. The van der Waals surface area contributed by atoms with Crippen LogP contribution in [-0.4, -0.2) is 9.55 Å². The molecule has 0 aromatic carbocycles. The summed E-state index contributed by atoms with van der Waals surface area (Å²) in [4.78, 5) is 3.53. The van der Waals surface area contributed by atoms with E-state index in [0.717, 1.165) is 6.20 Å². The molecule has 8 heteroatoms. The lowest BCUT2D eigenvalue weighted by Gasteiger charge is -2.08. The van der Waals surface area contributed by atoms with Crippen LogP contribution in [0.4, 0.5) is 13.2 Å². The Balaban J connectivity index is 0.00000144. The van der Waals surface area contributed by atoms with Crippen molar-refractivity contribution in [3.05, 3.63) is 16.6 Å². The molecule has 76 valence electrons. The molecule has 1 rings (SSSR count). The summed E-state index contributed by atoms with van der Waals surface area (Å²) in [5.41, 5.74) is 5.06. The van der Waals surface area contributed by atoms with Gasteiger partial charge in [-0.2, -0.15) is 0 Å². The summed E-state index contributed by atoms with van der Waals surface area (Å²) in [7, 11) is 0. The maximum absolute atomic E-state index is 12.1. The van der Waals surface area contributed by atoms with Crippen LogP contribution in [-0.2, 0) is 12.8 Å². The Hall–Kier alpha value is -0.270. The molecule has 13 heavy (non-hydrogen) atoms. The Morgan fingerprint density at radius 1 is 1.54 bits per heavy atom. The van der Waals surface area contributed by atoms with Gasteiger partial charge < -0.3 is 5.73 Å². The number of alkyl halides is 3. The van der Waals surface area contributed by atoms with Gasteiger partial charge in [0.15, 0.2) is 0 Å². The molecule has 3 nitrogen and oxygen atoms in total. The lowest BCUT2D eigenvalue weighted by Crippen LogP contribution is -2.20. The van der Waals surface area contributed by atoms with Crippen LogP contribution in [0.3, 0.4) is 0 Å². The van der Waals surface area contributed by atoms with Gasteiger partial charge in [0.05, 0.1) is 6.54 Å². The molecular formula is C5H6BrClF3N3. The van der Waals surface area contributed by atoms with Gasteiger partial charge in [-0.3, -0.25) is 0 Å². The van der Waals surface area contributed by atoms with Crippen LogP contribution in [0.1, 0.15) is 5.82 Å². The molecule has 2 N–H and O–H groups in total. The third-order valence-corrected chi connectivity index (χ3v) is 1.59. The van der Waals surface area contributed by atoms with Gasteiger partial charge in [0, 0.05) is 6.20 Å². The van der Waals surface area contributed by atoms with E-state index >= 15 is 0 Å². The van der Waals surface area contributed by atoms with Gasteiger partial charge >= 0.3 is 6.30 Å². The highest BCUT2D eigenvalue weighted by Crippen LogP contribution is 2.25. The minimum Gasteiger partial charge on any atom is -0.324 e. The Bertz CT molecular complexity index is 285. The lowest BCUT2D eigenvalue weighted by molar-refractivity contribution is -0.205. The Morgan fingerprint density at radius 3 is 2.38 bits per heavy atom. The van der Waals surface area contributed by atoms with Crippen LogP contribution < -0.4 is 5.73 Å².